The quantitative estimate of drug-likeness (QED) is 0.238. The molecule has 2 heterocycles. The third-order valence-electron chi connectivity index (χ3n) is 3.57. The van der Waals surface area contributed by atoms with Gasteiger partial charge in [0, 0.05) is 19.3 Å². The van der Waals surface area contributed by atoms with Crippen LogP contribution in [0.25, 0.3) is 0 Å². The third-order valence-corrected chi connectivity index (χ3v) is 3.74. The van der Waals surface area contributed by atoms with Crippen LogP contribution in [-0.4, -0.2) is 53.5 Å². The fourth-order valence-electron chi connectivity index (χ4n) is 2.29. The van der Waals surface area contributed by atoms with Crippen LogP contribution in [0.4, 0.5) is 17.3 Å². The lowest BCUT2D eigenvalue weighted by atomic mass is 10.2. The Labute approximate surface area is 168 Å². The molecule has 10 heteroatoms. The molecule has 28 heavy (non-hydrogen) atoms. The highest BCUT2D eigenvalue weighted by Crippen LogP contribution is 2.28. The van der Waals surface area contributed by atoms with Gasteiger partial charge in [0.1, 0.15) is 17.2 Å². The van der Waals surface area contributed by atoms with Crippen molar-refractivity contribution in [2.75, 3.05) is 37.5 Å². The summed E-state index contributed by atoms with van der Waals surface area (Å²) in [5.74, 6) is -0.00692. The number of methoxy groups -OCH3 is 1. The smallest absolute Gasteiger partial charge is 0.358 e. The first-order valence-electron chi connectivity index (χ1n) is 8.72. The maximum atomic E-state index is 11.9. The topological polar surface area (TPSA) is 122 Å². The zero-order valence-electron chi connectivity index (χ0n) is 16.0. The molecule has 0 aliphatic heterocycles. The summed E-state index contributed by atoms with van der Waals surface area (Å²) in [5, 5.41) is 14.1. The molecule has 0 fully saturated rings. The second-order valence-electron chi connectivity index (χ2n) is 5.81. The average molecular weight is 407 g/mol. The summed E-state index contributed by atoms with van der Waals surface area (Å²) >= 11 is 6.03. The predicted octanol–water partition coefficient (Wildman–Crippen LogP) is 2.96. The zero-order valence-corrected chi connectivity index (χ0v) is 16.8. The van der Waals surface area contributed by atoms with E-state index in [0.717, 1.165) is 12.0 Å². The molecule has 3 N–H and O–H groups in total. The molecule has 0 radical (unpaired) electrons. The van der Waals surface area contributed by atoms with Crippen molar-refractivity contribution in [3.8, 4) is 0 Å². The van der Waals surface area contributed by atoms with Gasteiger partial charge in [0.05, 0.1) is 13.7 Å². The Morgan fingerprint density at radius 2 is 2.11 bits per heavy atom. The van der Waals surface area contributed by atoms with Gasteiger partial charge in [-0.2, -0.15) is 4.98 Å². The summed E-state index contributed by atoms with van der Waals surface area (Å²) < 4.78 is 10.1. The Morgan fingerprint density at radius 3 is 2.79 bits per heavy atom. The molecule has 0 aromatic carbocycles. The Morgan fingerprint density at radius 1 is 1.32 bits per heavy atom. The molecule has 0 aliphatic carbocycles. The van der Waals surface area contributed by atoms with Gasteiger partial charge in [-0.15, -0.1) is 0 Å². The lowest BCUT2D eigenvalue weighted by Gasteiger charge is -2.16. The molecule has 2 aromatic heterocycles. The summed E-state index contributed by atoms with van der Waals surface area (Å²) in [6.07, 6.45) is 2.57. The van der Waals surface area contributed by atoms with Gasteiger partial charge in [-0.05, 0) is 42.6 Å². The number of anilines is 3. The van der Waals surface area contributed by atoms with Gasteiger partial charge in [-0.1, -0.05) is 6.92 Å². The minimum Gasteiger partial charge on any atom is -0.464 e. The standard InChI is InChI=1S/C18H23ClN6O3/c1-4-8-28-9-7-22-15-14(13(20)17(26)27-3)24-18(19)25-16(15)23-12-10-11(2)5-6-21-12/h5-6,10,20,22H,4,7-9H2,1-3H3,(H,21,23,24,25). The van der Waals surface area contributed by atoms with Crippen LogP contribution >= 0.6 is 11.6 Å². The number of nitrogens with zero attached hydrogens (tertiary/aromatic N) is 3. The Hall–Kier alpha value is -2.78. The number of pyridine rings is 1. The number of esters is 1. The van der Waals surface area contributed by atoms with E-state index in [4.69, 9.17) is 21.7 Å². The summed E-state index contributed by atoms with van der Waals surface area (Å²) in [4.78, 5) is 24.3. The van der Waals surface area contributed by atoms with Gasteiger partial charge in [0.25, 0.3) is 0 Å². The van der Waals surface area contributed by atoms with Crippen molar-refractivity contribution in [1.82, 2.24) is 15.0 Å². The van der Waals surface area contributed by atoms with Crippen LogP contribution in [-0.2, 0) is 14.3 Å². The Bertz CT molecular complexity index is 846. The summed E-state index contributed by atoms with van der Waals surface area (Å²) in [6, 6.07) is 3.69. The Balaban J connectivity index is 2.38. The maximum absolute atomic E-state index is 11.9. The first kappa shape index (κ1) is 21.5. The SMILES string of the molecule is CCCOCCNc1c(Nc2cc(C)ccn2)nc(Cl)nc1C(=N)C(=O)OC. The number of rotatable bonds is 10. The van der Waals surface area contributed by atoms with Gasteiger partial charge < -0.3 is 20.1 Å². The molecule has 0 aliphatic rings. The van der Waals surface area contributed by atoms with E-state index in [9.17, 15) is 4.79 Å². The lowest BCUT2D eigenvalue weighted by molar-refractivity contribution is -0.132. The predicted molar refractivity (Wildman–Crippen MR) is 108 cm³/mol. The highest BCUT2D eigenvalue weighted by atomic mass is 35.5. The van der Waals surface area contributed by atoms with Crippen LogP contribution < -0.4 is 10.6 Å². The maximum Gasteiger partial charge on any atom is 0.358 e. The van der Waals surface area contributed by atoms with Crippen LogP contribution in [0.5, 0.6) is 0 Å². The average Bonchev–Trinajstić information content (AvgIpc) is 2.67. The molecular formula is C18H23ClN6O3. The number of hydrogen-bond donors (Lipinski definition) is 3. The van der Waals surface area contributed by atoms with E-state index in [2.05, 4.69) is 30.3 Å². The van der Waals surface area contributed by atoms with Crippen molar-refractivity contribution >= 4 is 40.6 Å². The fourth-order valence-corrected chi connectivity index (χ4v) is 2.46. The van der Waals surface area contributed by atoms with E-state index in [-0.39, 0.29) is 16.8 Å². The minimum absolute atomic E-state index is 0.0255. The molecule has 0 unspecified atom stereocenters. The molecule has 0 atom stereocenters. The number of hydrogen-bond acceptors (Lipinski definition) is 9. The molecule has 0 saturated carbocycles. The van der Waals surface area contributed by atoms with Gasteiger partial charge >= 0.3 is 5.97 Å². The normalized spacial score (nSPS) is 10.4. The van der Waals surface area contributed by atoms with Crippen LogP contribution in [0.2, 0.25) is 5.28 Å². The molecule has 0 saturated heterocycles. The lowest BCUT2D eigenvalue weighted by Crippen LogP contribution is -2.22. The van der Waals surface area contributed by atoms with Gasteiger partial charge in [0.2, 0.25) is 5.28 Å². The van der Waals surface area contributed by atoms with E-state index < -0.39 is 11.7 Å². The van der Waals surface area contributed by atoms with Gasteiger partial charge in [0.15, 0.2) is 11.5 Å². The number of nitrogens with one attached hydrogen (secondary N) is 3. The number of carbonyl (C=O) groups excluding carboxylic acids is 1. The second kappa shape index (κ2) is 10.5. The first-order valence-corrected chi connectivity index (χ1v) is 9.10. The first-order chi connectivity index (χ1) is 13.5. The largest absolute Gasteiger partial charge is 0.464 e. The molecule has 0 amide bonds. The molecule has 150 valence electrons. The minimum atomic E-state index is -0.834. The number of aromatic nitrogens is 3. The highest BCUT2D eigenvalue weighted by molar-refractivity contribution is 6.43. The summed E-state index contributed by atoms with van der Waals surface area (Å²) in [5.41, 5.74) is 0.924. The molecule has 0 bridgehead atoms. The number of ether oxygens (including phenoxy) is 2. The van der Waals surface area contributed by atoms with E-state index in [1.54, 1.807) is 6.20 Å². The summed E-state index contributed by atoms with van der Waals surface area (Å²) in [6.45, 7) is 5.45. The second-order valence-corrected chi connectivity index (χ2v) is 6.15. The van der Waals surface area contributed by atoms with E-state index in [1.807, 2.05) is 26.0 Å². The van der Waals surface area contributed by atoms with E-state index in [1.165, 1.54) is 7.11 Å². The highest BCUT2D eigenvalue weighted by Gasteiger charge is 2.23. The van der Waals surface area contributed by atoms with Crippen LogP contribution in [0.15, 0.2) is 18.3 Å². The zero-order chi connectivity index (χ0) is 20.5. The van der Waals surface area contributed by atoms with Gasteiger partial charge in [-0.25, -0.2) is 14.8 Å². The number of carbonyl (C=O) groups is 1. The Kier molecular flexibility index (Phi) is 8.09. The fraction of sp³-hybridized carbons (Fsp3) is 0.389. The molecule has 2 rings (SSSR count). The van der Waals surface area contributed by atoms with Crippen molar-refractivity contribution < 1.29 is 14.3 Å². The monoisotopic (exact) mass is 406 g/mol. The molecule has 0 spiro atoms. The number of aryl methyl sites for hydroxylation is 1. The summed E-state index contributed by atoms with van der Waals surface area (Å²) in [7, 11) is 1.20. The van der Waals surface area contributed by atoms with Crippen molar-refractivity contribution in [2.24, 2.45) is 0 Å². The van der Waals surface area contributed by atoms with Crippen molar-refractivity contribution in [3.63, 3.8) is 0 Å². The van der Waals surface area contributed by atoms with Crippen LogP contribution in [0.3, 0.4) is 0 Å². The molecule has 9 nitrogen and oxygen atoms in total. The van der Waals surface area contributed by atoms with E-state index in [0.29, 0.717) is 31.3 Å². The van der Waals surface area contributed by atoms with Crippen molar-refractivity contribution in [1.29, 1.82) is 5.41 Å². The number of halogens is 1. The van der Waals surface area contributed by atoms with E-state index >= 15 is 0 Å². The van der Waals surface area contributed by atoms with Crippen molar-refractivity contribution in [3.05, 3.63) is 34.9 Å². The third kappa shape index (κ3) is 5.86. The molecule has 2 aromatic rings. The van der Waals surface area contributed by atoms with Crippen molar-refractivity contribution in [2.45, 2.75) is 20.3 Å². The van der Waals surface area contributed by atoms with Crippen LogP contribution in [0.1, 0.15) is 24.6 Å². The van der Waals surface area contributed by atoms with Crippen LogP contribution in [0, 0.1) is 12.3 Å². The van der Waals surface area contributed by atoms with Gasteiger partial charge in [-0.3, -0.25) is 5.41 Å². The molecular weight excluding hydrogens is 384 g/mol.